The van der Waals surface area contributed by atoms with Crippen molar-refractivity contribution < 1.29 is 9.53 Å². The maximum Gasteiger partial charge on any atom is 0.253 e. The Bertz CT molecular complexity index is 1010. The molecule has 3 aromatic rings. The first-order chi connectivity index (χ1) is 13.4. The van der Waals surface area contributed by atoms with E-state index in [0.717, 1.165) is 22.6 Å². The minimum absolute atomic E-state index is 0.131. The van der Waals surface area contributed by atoms with Gasteiger partial charge in [0.05, 0.1) is 0 Å². The maximum atomic E-state index is 12.4. The number of rotatable bonds is 6. The molecule has 1 aromatic heterocycles. The first-order valence-electron chi connectivity index (χ1n) is 9.23. The third kappa shape index (κ3) is 4.68. The summed E-state index contributed by atoms with van der Waals surface area (Å²) in [4.78, 5) is 27.2. The van der Waals surface area contributed by atoms with Crippen molar-refractivity contribution in [3.8, 4) is 5.75 Å². The second-order valence-electron chi connectivity index (χ2n) is 6.81. The number of ether oxygens (including phenoxy) is 1. The lowest BCUT2D eigenvalue weighted by Crippen LogP contribution is -2.27. The largest absolute Gasteiger partial charge is 0.486 e. The number of aryl methyl sites for hydroxylation is 2. The number of pyridine rings is 1. The van der Waals surface area contributed by atoms with Gasteiger partial charge in [0.2, 0.25) is 0 Å². The van der Waals surface area contributed by atoms with E-state index in [-0.39, 0.29) is 24.1 Å². The van der Waals surface area contributed by atoms with Crippen molar-refractivity contribution in [3.63, 3.8) is 0 Å². The molecule has 28 heavy (non-hydrogen) atoms. The zero-order valence-corrected chi connectivity index (χ0v) is 16.3. The van der Waals surface area contributed by atoms with Gasteiger partial charge in [0.1, 0.15) is 11.9 Å². The van der Waals surface area contributed by atoms with Crippen LogP contribution in [-0.4, -0.2) is 10.9 Å². The Morgan fingerprint density at radius 1 is 1.07 bits per heavy atom. The number of nitrogens with one attached hydrogen (secondary N) is 2. The Hall–Kier alpha value is -3.34. The molecule has 0 aliphatic carbocycles. The fraction of sp³-hybridized carbons (Fsp3) is 0.217. The monoisotopic (exact) mass is 376 g/mol. The molecule has 0 spiro atoms. The van der Waals surface area contributed by atoms with E-state index in [1.165, 1.54) is 0 Å². The van der Waals surface area contributed by atoms with Crippen molar-refractivity contribution in [1.82, 2.24) is 10.3 Å². The van der Waals surface area contributed by atoms with Gasteiger partial charge in [-0.2, -0.15) is 0 Å². The molecule has 1 heterocycles. The fourth-order valence-corrected chi connectivity index (χ4v) is 2.87. The van der Waals surface area contributed by atoms with Gasteiger partial charge in [0, 0.05) is 23.4 Å². The molecule has 0 aliphatic rings. The van der Waals surface area contributed by atoms with E-state index in [2.05, 4.69) is 10.3 Å². The Balaban J connectivity index is 1.62. The van der Waals surface area contributed by atoms with Crippen LogP contribution in [-0.2, 0) is 6.54 Å². The molecular formula is C23H24N2O3. The average Bonchev–Trinajstić information content (AvgIpc) is 2.70. The molecule has 0 aliphatic heterocycles. The quantitative estimate of drug-likeness (QED) is 0.681. The SMILES string of the molecule is Cc1cc(CNC(=O)c2ccc(C(C)Oc3ccccc3)cc2)c(=O)[nH]c1C. The van der Waals surface area contributed by atoms with Gasteiger partial charge in [-0.25, -0.2) is 0 Å². The van der Waals surface area contributed by atoms with Crippen LogP contribution < -0.4 is 15.6 Å². The zero-order chi connectivity index (χ0) is 20.1. The van der Waals surface area contributed by atoms with E-state index in [4.69, 9.17) is 4.74 Å². The van der Waals surface area contributed by atoms with Crippen LogP contribution in [0.4, 0.5) is 0 Å². The van der Waals surface area contributed by atoms with Crippen molar-refractivity contribution in [2.45, 2.75) is 33.4 Å². The van der Waals surface area contributed by atoms with E-state index in [1.807, 2.05) is 63.2 Å². The average molecular weight is 376 g/mol. The Labute approximate surface area is 164 Å². The Morgan fingerprint density at radius 3 is 2.43 bits per heavy atom. The summed E-state index contributed by atoms with van der Waals surface area (Å²) in [6, 6.07) is 18.7. The molecular weight excluding hydrogens is 352 g/mol. The van der Waals surface area contributed by atoms with E-state index in [1.54, 1.807) is 18.2 Å². The van der Waals surface area contributed by atoms with Crippen LogP contribution in [0.2, 0.25) is 0 Å². The van der Waals surface area contributed by atoms with E-state index < -0.39 is 0 Å². The highest BCUT2D eigenvalue weighted by molar-refractivity contribution is 5.94. The molecule has 0 radical (unpaired) electrons. The summed E-state index contributed by atoms with van der Waals surface area (Å²) in [7, 11) is 0. The highest BCUT2D eigenvalue weighted by Crippen LogP contribution is 2.21. The van der Waals surface area contributed by atoms with Crippen LogP contribution in [0.25, 0.3) is 0 Å². The van der Waals surface area contributed by atoms with Crippen molar-refractivity contribution in [1.29, 1.82) is 0 Å². The van der Waals surface area contributed by atoms with Gasteiger partial charge < -0.3 is 15.0 Å². The summed E-state index contributed by atoms with van der Waals surface area (Å²) >= 11 is 0. The van der Waals surface area contributed by atoms with Crippen LogP contribution in [0, 0.1) is 13.8 Å². The highest BCUT2D eigenvalue weighted by atomic mass is 16.5. The van der Waals surface area contributed by atoms with Gasteiger partial charge in [-0.1, -0.05) is 30.3 Å². The van der Waals surface area contributed by atoms with Gasteiger partial charge in [0.25, 0.3) is 11.5 Å². The molecule has 1 atom stereocenters. The third-order valence-electron chi connectivity index (χ3n) is 4.71. The summed E-state index contributed by atoms with van der Waals surface area (Å²) in [5.41, 5.74) is 3.70. The van der Waals surface area contributed by atoms with Crippen molar-refractivity contribution in [3.05, 3.63) is 99.0 Å². The summed E-state index contributed by atoms with van der Waals surface area (Å²) in [5, 5.41) is 2.80. The molecule has 5 nitrogen and oxygen atoms in total. The van der Waals surface area contributed by atoms with Crippen LogP contribution in [0.1, 0.15) is 45.8 Å². The van der Waals surface area contributed by atoms with E-state index >= 15 is 0 Å². The third-order valence-corrected chi connectivity index (χ3v) is 4.71. The van der Waals surface area contributed by atoms with E-state index in [0.29, 0.717) is 11.1 Å². The van der Waals surface area contributed by atoms with Crippen molar-refractivity contribution >= 4 is 5.91 Å². The van der Waals surface area contributed by atoms with Crippen LogP contribution >= 0.6 is 0 Å². The number of benzene rings is 2. The molecule has 0 fully saturated rings. The molecule has 5 heteroatoms. The summed E-state index contributed by atoms with van der Waals surface area (Å²) in [5.74, 6) is 0.580. The number of amides is 1. The van der Waals surface area contributed by atoms with Crippen molar-refractivity contribution in [2.75, 3.05) is 0 Å². The number of hydrogen-bond donors (Lipinski definition) is 2. The molecule has 2 N–H and O–H groups in total. The number of H-pyrrole nitrogens is 1. The van der Waals surface area contributed by atoms with Gasteiger partial charge >= 0.3 is 0 Å². The zero-order valence-electron chi connectivity index (χ0n) is 16.3. The number of carbonyl (C=O) groups excluding carboxylic acids is 1. The lowest BCUT2D eigenvalue weighted by Gasteiger charge is -2.15. The molecule has 144 valence electrons. The second-order valence-corrected chi connectivity index (χ2v) is 6.81. The minimum atomic E-state index is -0.221. The number of para-hydroxylation sites is 1. The number of aromatic amines is 1. The first kappa shape index (κ1) is 19.4. The molecule has 1 amide bonds. The molecule has 0 saturated heterocycles. The van der Waals surface area contributed by atoms with Crippen LogP contribution in [0.5, 0.6) is 5.75 Å². The molecule has 2 aromatic carbocycles. The number of aromatic nitrogens is 1. The van der Waals surface area contributed by atoms with Crippen molar-refractivity contribution in [2.24, 2.45) is 0 Å². The molecule has 3 rings (SSSR count). The lowest BCUT2D eigenvalue weighted by molar-refractivity contribution is 0.0950. The molecule has 0 bridgehead atoms. The number of hydrogen-bond acceptors (Lipinski definition) is 3. The topological polar surface area (TPSA) is 71.2 Å². The van der Waals surface area contributed by atoms with Gasteiger partial charge in [0.15, 0.2) is 0 Å². The normalized spacial score (nSPS) is 11.7. The van der Waals surface area contributed by atoms with E-state index in [9.17, 15) is 9.59 Å². The lowest BCUT2D eigenvalue weighted by atomic mass is 10.1. The van der Waals surface area contributed by atoms with Gasteiger partial charge in [-0.05, 0) is 62.2 Å². The molecule has 0 saturated carbocycles. The Morgan fingerprint density at radius 2 is 1.75 bits per heavy atom. The van der Waals surface area contributed by atoms with Gasteiger partial charge in [-0.15, -0.1) is 0 Å². The minimum Gasteiger partial charge on any atom is -0.486 e. The summed E-state index contributed by atoms with van der Waals surface area (Å²) in [6.07, 6.45) is -0.131. The summed E-state index contributed by atoms with van der Waals surface area (Å²) < 4.78 is 5.90. The van der Waals surface area contributed by atoms with Gasteiger partial charge in [-0.3, -0.25) is 9.59 Å². The number of carbonyl (C=O) groups is 1. The predicted octanol–water partition coefficient (Wildman–Crippen LogP) is 4.06. The first-order valence-corrected chi connectivity index (χ1v) is 9.23. The predicted molar refractivity (Wildman–Crippen MR) is 110 cm³/mol. The standard InChI is InChI=1S/C23H24N2O3/c1-15-13-20(23(27)25-16(15)2)14-24-22(26)19-11-9-18(10-12-19)17(3)28-21-7-5-4-6-8-21/h4-13,17H,14H2,1-3H3,(H,24,26)(H,25,27). The summed E-state index contributed by atoms with van der Waals surface area (Å²) in [6.45, 7) is 5.93. The van der Waals surface area contributed by atoms with Crippen LogP contribution in [0.15, 0.2) is 65.5 Å². The smallest absolute Gasteiger partial charge is 0.253 e. The van der Waals surface area contributed by atoms with Crippen LogP contribution in [0.3, 0.4) is 0 Å². The highest BCUT2D eigenvalue weighted by Gasteiger charge is 2.11. The second kappa shape index (κ2) is 8.57. The fourth-order valence-electron chi connectivity index (χ4n) is 2.87. The maximum absolute atomic E-state index is 12.4. The molecule has 1 unspecified atom stereocenters. The Kier molecular flexibility index (Phi) is 5.94.